The summed E-state index contributed by atoms with van der Waals surface area (Å²) in [6.07, 6.45) is 0.961. The molecule has 0 radical (unpaired) electrons. The first-order chi connectivity index (χ1) is 26.0. The second-order valence-corrected chi connectivity index (χ2v) is 15.5. The lowest BCUT2D eigenvalue weighted by Gasteiger charge is -2.41. The molecule has 0 saturated heterocycles. The number of hydrogen-bond donors (Lipinski definition) is 0. The smallest absolute Gasteiger partial charge is 0.0729 e. The zero-order chi connectivity index (χ0) is 35.5. The summed E-state index contributed by atoms with van der Waals surface area (Å²) in [5.41, 5.74) is 20.6. The zero-order valence-corrected chi connectivity index (χ0v) is 30.3. The molecule has 0 amide bonds. The van der Waals surface area contributed by atoms with Gasteiger partial charge in [0.25, 0.3) is 0 Å². The Hall–Kier alpha value is -6.18. The Labute approximate surface area is 311 Å². The fraction of sp³-hybridized carbons (Fsp3) is 0.115. The third kappa shape index (κ3) is 3.87. The number of benzene rings is 8. The molecule has 0 saturated carbocycles. The van der Waals surface area contributed by atoms with E-state index >= 15 is 0 Å². The maximum absolute atomic E-state index is 2.54. The van der Waals surface area contributed by atoms with E-state index in [1.165, 1.54) is 94.5 Å². The first-order valence-electron chi connectivity index (χ1n) is 19.0. The van der Waals surface area contributed by atoms with E-state index in [4.69, 9.17) is 0 Å². The van der Waals surface area contributed by atoms with Crippen LogP contribution in [0.5, 0.6) is 0 Å². The maximum atomic E-state index is 2.54. The van der Waals surface area contributed by atoms with Crippen LogP contribution < -0.4 is 4.90 Å². The lowest BCUT2D eigenvalue weighted by atomic mass is 9.60. The predicted octanol–water partition coefficient (Wildman–Crippen LogP) is 13.5. The molecule has 1 unspecified atom stereocenters. The Kier molecular flexibility index (Phi) is 6.27. The van der Waals surface area contributed by atoms with Gasteiger partial charge in [0.15, 0.2) is 0 Å². The van der Waals surface area contributed by atoms with Crippen LogP contribution in [0.3, 0.4) is 0 Å². The molecule has 0 bridgehead atoms. The second kappa shape index (κ2) is 10.9. The van der Waals surface area contributed by atoms with Crippen LogP contribution in [0.2, 0.25) is 0 Å². The highest BCUT2D eigenvalue weighted by Gasteiger charge is 2.51. The predicted molar refractivity (Wildman–Crippen MR) is 222 cm³/mol. The van der Waals surface area contributed by atoms with Gasteiger partial charge in [-0.05, 0) is 114 Å². The molecule has 8 aromatic rings. The summed E-state index contributed by atoms with van der Waals surface area (Å²) >= 11 is 0. The average molecular weight is 678 g/mol. The number of nitrogens with zero attached hydrogens (tertiary/aromatic N) is 1. The van der Waals surface area contributed by atoms with E-state index in [9.17, 15) is 0 Å². The summed E-state index contributed by atoms with van der Waals surface area (Å²) in [5, 5.41) is 2.69. The summed E-state index contributed by atoms with van der Waals surface area (Å²) in [5.74, 6) is 0. The number of fused-ring (bicyclic) bond motifs is 12. The van der Waals surface area contributed by atoms with Crippen LogP contribution in [0, 0.1) is 0 Å². The van der Waals surface area contributed by atoms with E-state index in [1.807, 2.05) is 0 Å². The minimum Gasteiger partial charge on any atom is -0.310 e. The molecule has 8 aromatic carbocycles. The number of para-hydroxylation sites is 1. The van der Waals surface area contributed by atoms with Crippen LogP contribution in [0.15, 0.2) is 170 Å². The zero-order valence-electron chi connectivity index (χ0n) is 30.3. The summed E-state index contributed by atoms with van der Waals surface area (Å²) in [6.45, 7) is 7.06. The van der Waals surface area contributed by atoms with Gasteiger partial charge in [0.1, 0.15) is 0 Å². The Balaban J connectivity index is 1.26. The highest BCUT2D eigenvalue weighted by Crippen LogP contribution is 2.63. The Morgan fingerprint density at radius 1 is 0.453 bits per heavy atom. The molecule has 1 atom stereocenters. The molecule has 0 N–H and O–H groups in total. The van der Waals surface area contributed by atoms with Gasteiger partial charge in [-0.1, -0.05) is 160 Å². The van der Waals surface area contributed by atoms with Gasteiger partial charge in [-0.25, -0.2) is 0 Å². The van der Waals surface area contributed by atoms with Crippen LogP contribution in [-0.2, 0) is 17.3 Å². The van der Waals surface area contributed by atoms with Gasteiger partial charge in [-0.2, -0.15) is 0 Å². The molecule has 1 nitrogen and oxygen atoms in total. The number of aryl methyl sites for hydroxylation is 1. The largest absolute Gasteiger partial charge is 0.310 e. The van der Waals surface area contributed by atoms with Crippen LogP contribution >= 0.6 is 0 Å². The molecule has 252 valence electrons. The van der Waals surface area contributed by atoms with Crippen LogP contribution in [0.4, 0.5) is 17.1 Å². The normalized spacial score (nSPS) is 16.5. The Morgan fingerprint density at radius 3 is 1.81 bits per heavy atom. The maximum Gasteiger partial charge on any atom is 0.0729 e. The van der Waals surface area contributed by atoms with Crippen LogP contribution in [0.25, 0.3) is 44.2 Å². The summed E-state index contributed by atoms with van der Waals surface area (Å²) in [6, 6.07) is 64.2. The fourth-order valence-electron chi connectivity index (χ4n) is 10.4. The lowest BCUT2D eigenvalue weighted by molar-refractivity contribution is 0.660. The van der Waals surface area contributed by atoms with Crippen molar-refractivity contribution in [2.45, 2.75) is 38.0 Å². The highest BCUT2D eigenvalue weighted by atomic mass is 15.1. The van der Waals surface area contributed by atoms with E-state index in [1.54, 1.807) is 0 Å². The number of rotatable bonds is 4. The first-order valence-corrected chi connectivity index (χ1v) is 19.0. The first kappa shape index (κ1) is 30.4. The van der Waals surface area contributed by atoms with E-state index in [-0.39, 0.29) is 5.41 Å². The third-order valence-electron chi connectivity index (χ3n) is 12.6. The molecule has 0 heterocycles. The SMILES string of the molecule is CCc1ccc2cccc3c2c1C1(c2ccccc2-c2ccc(N(c4ccccc4)c4cccc5c4-c4ccccc4C5(C)C)cc21)c1ccccc1-3. The average Bonchev–Trinajstić information content (AvgIpc) is 3.63. The minimum absolute atomic E-state index is 0.0949. The van der Waals surface area contributed by atoms with Crippen molar-refractivity contribution in [2.75, 3.05) is 4.90 Å². The van der Waals surface area contributed by atoms with Crippen molar-refractivity contribution in [3.05, 3.63) is 209 Å². The molecular weight excluding hydrogens is 639 g/mol. The van der Waals surface area contributed by atoms with Gasteiger partial charge in [0.2, 0.25) is 0 Å². The molecule has 3 aliphatic rings. The van der Waals surface area contributed by atoms with Gasteiger partial charge in [0, 0.05) is 22.4 Å². The minimum atomic E-state index is -0.479. The lowest BCUT2D eigenvalue weighted by Crippen LogP contribution is -2.33. The standard InChI is InChI=1S/C52H39N/c1-4-33-28-29-34-16-14-22-40-38-20-9-13-25-44(38)52(50(33)48(34)40)43-24-12-8-19-37(43)39-31-30-36(32-46(39)52)53(35-17-6-5-7-18-35)47-27-15-26-45-49(47)41-21-10-11-23-42(41)51(45,2)3/h5-32H,4H2,1-3H3. The van der Waals surface area contributed by atoms with Gasteiger partial charge >= 0.3 is 0 Å². The van der Waals surface area contributed by atoms with Gasteiger partial charge in [0.05, 0.1) is 11.1 Å². The third-order valence-corrected chi connectivity index (χ3v) is 12.6. The van der Waals surface area contributed by atoms with Crippen molar-refractivity contribution in [1.29, 1.82) is 0 Å². The van der Waals surface area contributed by atoms with Crippen molar-refractivity contribution in [2.24, 2.45) is 0 Å². The molecule has 1 heteroatoms. The van der Waals surface area contributed by atoms with Crippen molar-refractivity contribution in [3.8, 4) is 33.4 Å². The molecule has 3 aliphatic carbocycles. The van der Waals surface area contributed by atoms with E-state index in [2.05, 4.69) is 196 Å². The molecule has 1 spiro atoms. The monoisotopic (exact) mass is 677 g/mol. The molecule has 53 heavy (non-hydrogen) atoms. The van der Waals surface area contributed by atoms with E-state index in [0.29, 0.717) is 0 Å². The number of anilines is 3. The Morgan fingerprint density at radius 2 is 1.06 bits per heavy atom. The van der Waals surface area contributed by atoms with Crippen molar-refractivity contribution < 1.29 is 0 Å². The second-order valence-electron chi connectivity index (χ2n) is 15.5. The van der Waals surface area contributed by atoms with Gasteiger partial charge in [-0.15, -0.1) is 0 Å². The Bertz CT molecular complexity index is 2810. The topological polar surface area (TPSA) is 3.24 Å². The molecule has 11 rings (SSSR count). The number of hydrogen-bond acceptors (Lipinski definition) is 1. The summed E-state index contributed by atoms with van der Waals surface area (Å²) in [4.78, 5) is 2.51. The quantitative estimate of drug-likeness (QED) is 0.179. The van der Waals surface area contributed by atoms with E-state index < -0.39 is 5.41 Å². The van der Waals surface area contributed by atoms with Crippen LogP contribution in [0.1, 0.15) is 59.7 Å². The highest BCUT2D eigenvalue weighted by molar-refractivity contribution is 6.08. The van der Waals surface area contributed by atoms with Crippen molar-refractivity contribution in [3.63, 3.8) is 0 Å². The van der Waals surface area contributed by atoms with Crippen molar-refractivity contribution in [1.82, 2.24) is 0 Å². The van der Waals surface area contributed by atoms with Crippen molar-refractivity contribution >= 4 is 27.8 Å². The molecule has 0 aromatic heterocycles. The fourth-order valence-corrected chi connectivity index (χ4v) is 10.4. The van der Waals surface area contributed by atoms with Crippen LogP contribution in [-0.4, -0.2) is 0 Å². The summed E-state index contributed by atoms with van der Waals surface area (Å²) in [7, 11) is 0. The summed E-state index contributed by atoms with van der Waals surface area (Å²) < 4.78 is 0. The van der Waals surface area contributed by atoms with Gasteiger partial charge < -0.3 is 4.90 Å². The van der Waals surface area contributed by atoms with E-state index in [0.717, 1.165) is 12.1 Å². The molecular formula is C52H39N. The molecule has 0 aliphatic heterocycles. The van der Waals surface area contributed by atoms with Gasteiger partial charge in [-0.3, -0.25) is 0 Å². The molecule has 0 fully saturated rings.